The number of aromatic amines is 1. The van der Waals surface area contributed by atoms with Crippen molar-refractivity contribution in [1.29, 1.82) is 0 Å². The van der Waals surface area contributed by atoms with E-state index in [-0.39, 0.29) is 35.1 Å². The molecule has 10 nitrogen and oxygen atoms in total. The smallest absolute Gasteiger partial charge is 0.422 e. The lowest BCUT2D eigenvalue weighted by atomic mass is 9.72. The molecule has 50 heavy (non-hydrogen) atoms. The first kappa shape index (κ1) is 32.8. The number of likely N-dealkylation sites (tertiary alicyclic amines) is 1. The van der Waals surface area contributed by atoms with E-state index in [1.165, 1.54) is 6.08 Å². The number of alkyl halides is 3. The number of carbonyl (C=O) groups excluding carboxylic acids is 1. The Labute approximate surface area is 288 Å². The van der Waals surface area contributed by atoms with E-state index in [1.807, 2.05) is 38.1 Å². The standard InChI is InChI=1S/C37H42F3N7O3/c1-5-29(48)47-18-36(19-47)10-12-46(13-11-36)34-26-16-25(22-7-8-22)31(30-21(2)6-9-28-27(30)17-41-44-28)33(49-20-37(38,39)40)32(26)42-35(43-34)50-24-14-23(15-24)45(3)4/h5-6,9,16-17,22-24H,1,7-8,10-15,18-20H2,2-4H3,(H,41,44)/t23-,24-. The summed E-state index contributed by atoms with van der Waals surface area (Å²) in [5.41, 5.74) is 4.38. The van der Waals surface area contributed by atoms with E-state index in [0.717, 1.165) is 66.1 Å². The molecule has 0 bridgehead atoms. The molecule has 1 spiro atoms. The molecule has 2 aliphatic carbocycles. The minimum atomic E-state index is -4.57. The summed E-state index contributed by atoms with van der Waals surface area (Å²) in [5, 5.41) is 8.75. The van der Waals surface area contributed by atoms with Crippen molar-refractivity contribution in [3.8, 4) is 22.9 Å². The summed E-state index contributed by atoms with van der Waals surface area (Å²) in [5.74, 6) is 0.854. The zero-order chi connectivity index (χ0) is 34.9. The molecule has 4 aliphatic rings. The van der Waals surface area contributed by atoms with Gasteiger partial charge in [0.2, 0.25) is 5.91 Å². The van der Waals surface area contributed by atoms with E-state index in [9.17, 15) is 18.0 Å². The monoisotopic (exact) mass is 689 g/mol. The van der Waals surface area contributed by atoms with Crippen LogP contribution in [0.5, 0.6) is 11.8 Å². The minimum absolute atomic E-state index is 0.0403. The van der Waals surface area contributed by atoms with Crippen molar-refractivity contribution in [1.82, 2.24) is 30.0 Å². The van der Waals surface area contributed by atoms with Crippen molar-refractivity contribution in [3.63, 3.8) is 0 Å². The average Bonchev–Trinajstić information content (AvgIpc) is 3.79. The highest BCUT2D eigenvalue weighted by atomic mass is 19.4. The molecule has 4 heterocycles. The van der Waals surface area contributed by atoms with E-state index < -0.39 is 12.8 Å². The Morgan fingerprint density at radius 1 is 1.12 bits per heavy atom. The Morgan fingerprint density at radius 2 is 1.86 bits per heavy atom. The van der Waals surface area contributed by atoms with Crippen molar-refractivity contribution in [3.05, 3.63) is 48.2 Å². The van der Waals surface area contributed by atoms with Crippen molar-refractivity contribution < 1.29 is 27.4 Å². The molecule has 4 fully saturated rings. The van der Waals surface area contributed by atoms with Crippen LogP contribution in [0.15, 0.2) is 37.1 Å². The second kappa shape index (κ2) is 12.1. The number of aromatic nitrogens is 4. The van der Waals surface area contributed by atoms with Crippen LogP contribution in [0.25, 0.3) is 32.9 Å². The van der Waals surface area contributed by atoms with Crippen LogP contribution in [0.3, 0.4) is 0 Å². The van der Waals surface area contributed by atoms with Crippen LogP contribution in [0.1, 0.15) is 55.6 Å². The number of benzene rings is 2. The molecule has 4 aromatic rings. The highest BCUT2D eigenvalue weighted by Gasteiger charge is 2.47. The van der Waals surface area contributed by atoms with E-state index in [0.29, 0.717) is 54.5 Å². The van der Waals surface area contributed by atoms with Gasteiger partial charge in [-0.25, -0.2) is 0 Å². The average molecular weight is 690 g/mol. The normalized spacial score (nSPS) is 21.8. The number of hydrogen-bond acceptors (Lipinski definition) is 8. The predicted octanol–water partition coefficient (Wildman–Crippen LogP) is 6.39. The molecule has 2 saturated carbocycles. The molecule has 13 heteroatoms. The van der Waals surface area contributed by atoms with Gasteiger partial charge >= 0.3 is 12.2 Å². The SMILES string of the molecule is C=CC(=O)N1CC2(CCN(c3nc(O[C@H]4C[C@H](N(C)C)C4)nc4c(OCC(F)(F)F)c(-c5c(C)ccc6[nH]ncc56)c(C5CC5)cc34)CC2)C1. The summed E-state index contributed by atoms with van der Waals surface area (Å²) in [7, 11) is 4.07. The molecular weight excluding hydrogens is 647 g/mol. The van der Waals surface area contributed by atoms with Crippen LogP contribution >= 0.6 is 0 Å². The number of hydrogen-bond donors (Lipinski definition) is 1. The van der Waals surface area contributed by atoms with Crippen LogP contribution < -0.4 is 14.4 Å². The Kier molecular flexibility index (Phi) is 7.96. The van der Waals surface area contributed by atoms with Gasteiger partial charge in [-0.15, -0.1) is 0 Å². The number of piperidine rings is 1. The summed E-state index contributed by atoms with van der Waals surface area (Å²) < 4.78 is 54.2. The second-order valence-corrected chi connectivity index (χ2v) is 14.9. The van der Waals surface area contributed by atoms with Crippen molar-refractivity contribution in [2.45, 2.75) is 69.7 Å². The number of aryl methyl sites for hydroxylation is 1. The summed E-state index contributed by atoms with van der Waals surface area (Å²) in [6.45, 7) is 6.88. The maximum atomic E-state index is 14.0. The molecule has 2 aliphatic heterocycles. The number of anilines is 1. The number of carbonyl (C=O) groups is 1. The van der Waals surface area contributed by atoms with Crippen molar-refractivity contribution in [2.24, 2.45) is 5.41 Å². The fourth-order valence-corrected chi connectivity index (χ4v) is 8.00. The van der Waals surface area contributed by atoms with Gasteiger partial charge in [-0.1, -0.05) is 12.6 Å². The highest BCUT2D eigenvalue weighted by Crippen LogP contribution is 2.53. The number of fused-ring (bicyclic) bond motifs is 2. The van der Waals surface area contributed by atoms with Crippen LogP contribution in [0.4, 0.5) is 19.0 Å². The number of nitrogens with one attached hydrogen (secondary N) is 1. The van der Waals surface area contributed by atoms with Crippen LogP contribution in [-0.2, 0) is 4.79 Å². The van der Waals surface area contributed by atoms with Gasteiger partial charge in [-0.05, 0) is 87.5 Å². The summed E-state index contributed by atoms with van der Waals surface area (Å²) >= 11 is 0. The summed E-state index contributed by atoms with van der Waals surface area (Å²) in [4.78, 5) is 28.3. The Balaban J connectivity index is 1.28. The maximum absolute atomic E-state index is 14.0. The number of rotatable bonds is 9. The maximum Gasteiger partial charge on any atom is 0.422 e. The topological polar surface area (TPSA) is 99.7 Å². The quantitative estimate of drug-likeness (QED) is 0.202. The lowest BCUT2D eigenvalue weighted by molar-refractivity contribution is -0.153. The lowest BCUT2D eigenvalue weighted by Crippen LogP contribution is -2.61. The largest absolute Gasteiger partial charge is 0.481 e. The second-order valence-electron chi connectivity index (χ2n) is 14.9. The zero-order valence-electron chi connectivity index (χ0n) is 28.6. The Hall–Kier alpha value is -4.39. The molecule has 0 atom stereocenters. The van der Waals surface area contributed by atoms with Gasteiger partial charge in [0.25, 0.3) is 0 Å². The van der Waals surface area contributed by atoms with Crippen LogP contribution in [0, 0.1) is 12.3 Å². The first-order chi connectivity index (χ1) is 23.9. The number of halogens is 3. The molecule has 1 amide bonds. The van der Waals surface area contributed by atoms with Gasteiger partial charge in [0.15, 0.2) is 12.4 Å². The number of ether oxygens (including phenoxy) is 2. The van der Waals surface area contributed by atoms with Gasteiger partial charge in [-0.3, -0.25) is 9.89 Å². The van der Waals surface area contributed by atoms with E-state index in [1.54, 1.807) is 6.20 Å². The van der Waals surface area contributed by atoms with Crippen LogP contribution in [0.2, 0.25) is 0 Å². The molecule has 0 unspecified atom stereocenters. The molecule has 2 aromatic carbocycles. The van der Waals surface area contributed by atoms with Gasteiger partial charge in [0.05, 0.1) is 11.7 Å². The third-order valence-electron chi connectivity index (χ3n) is 11.2. The minimum Gasteiger partial charge on any atom is -0.481 e. The van der Waals surface area contributed by atoms with E-state index in [2.05, 4.69) is 32.6 Å². The fourth-order valence-electron chi connectivity index (χ4n) is 8.00. The van der Waals surface area contributed by atoms with Gasteiger partial charge in [-0.2, -0.15) is 28.2 Å². The first-order valence-electron chi connectivity index (χ1n) is 17.4. The zero-order valence-corrected chi connectivity index (χ0v) is 28.6. The van der Waals surface area contributed by atoms with Crippen molar-refractivity contribution >= 4 is 33.5 Å². The molecule has 2 saturated heterocycles. The highest BCUT2D eigenvalue weighted by molar-refractivity contribution is 6.06. The van der Waals surface area contributed by atoms with Crippen molar-refractivity contribution in [2.75, 3.05) is 51.8 Å². The predicted molar refractivity (Wildman–Crippen MR) is 185 cm³/mol. The fraction of sp³-hybridized carbons (Fsp3) is 0.514. The molecule has 8 rings (SSSR count). The first-order valence-corrected chi connectivity index (χ1v) is 17.4. The summed E-state index contributed by atoms with van der Waals surface area (Å²) in [6, 6.07) is 6.49. The number of amides is 1. The number of H-pyrrole nitrogens is 1. The molecular formula is C37H42F3N7O3. The third kappa shape index (κ3) is 5.92. The molecule has 1 N–H and O–H groups in total. The molecule has 264 valence electrons. The van der Waals surface area contributed by atoms with Crippen LogP contribution in [-0.4, -0.2) is 101 Å². The summed E-state index contributed by atoms with van der Waals surface area (Å²) in [6.07, 6.45) is 3.59. The molecule has 0 radical (unpaired) electrons. The van der Waals surface area contributed by atoms with Gasteiger partial charge < -0.3 is 24.2 Å². The van der Waals surface area contributed by atoms with Gasteiger partial charge in [0.1, 0.15) is 17.4 Å². The van der Waals surface area contributed by atoms with E-state index >= 15 is 0 Å². The Morgan fingerprint density at radius 3 is 2.52 bits per heavy atom. The molecule has 2 aromatic heterocycles. The third-order valence-corrected chi connectivity index (χ3v) is 11.2. The van der Waals surface area contributed by atoms with Gasteiger partial charge in [0, 0.05) is 66.8 Å². The lowest BCUT2D eigenvalue weighted by Gasteiger charge is -2.54. The Bertz CT molecular complexity index is 1970. The van der Waals surface area contributed by atoms with E-state index in [4.69, 9.17) is 19.4 Å². The number of nitrogens with zero attached hydrogens (tertiary/aromatic N) is 6.